The van der Waals surface area contributed by atoms with E-state index in [4.69, 9.17) is 5.11 Å². The average Bonchev–Trinajstić information content (AvgIpc) is 2.27. The minimum Gasteiger partial charge on any atom is -0.478 e. The minimum absolute atomic E-state index is 0.0619. The van der Waals surface area contributed by atoms with Crippen LogP contribution >= 0.6 is 0 Å². The summed E-state index contributed by atoms with van der Waals surface area (Å²) in [6, 6.07) is 10.1. The monoisotopic (exact) mass is 214 g/mol. The fraction of sp³-hybridized carbons (Fsp3) is 0.0769. The summed E-state index contributed by atoms with van der Waals surface area (Å²) in [5.41, 5.74) is 0.779. The largest absolute Gasteiger partial charge is 0.478 e. The molecule has 0 radical (unpaired) electrons. The van der Waals surface area contributed by atoms with Crippen molar-refractivity contribution in [2.45, 2.75) is 6.92 Å². The van der Waals surface area contributed by atoms with Gasteiger partial charge in [0.15, 0.2) is 5.78 Å². The van der Waals surface area contributed by atoms with Gasteiger partial charge in [-0.15, -0.1) is 0 Å². The number of hydrogen-bond acceptors (Lipinski definition) is 2. The molecule has 0 spiro atoms. The van der Waals surface area contributed by atoms with Crippen molar-refractivity contribution in [3.05, 3.63) is 47.5 Å². The van der Waals surface area contributed by atoms with Crippen molar-refractivity contribution in [2.24, 2.45) is 0 Å². The molecule has 0 aliphatic carbocycles. The van der Waals surface area contributed by atoms with Gasteiger partial charge in [0, 0.05) is 5.56 Å². The summed E-state index contributed by atoms with van der Waals surface area (Å²) in [5, 5.41) is 10.3. The molecule has 0 aliphatic rings. The van der Waals surface area contributed by atoms with Crippen molar-refractivity contribution in [1.82, 2.24) is 0 Å². The second kappa shape index (κ2) is 3.77. The standard InChI is InChI=1S/C13H10O3/c1-8(14)9-6-7-12(13(15)16)11-5-3-2-4-10(9)11/h2-7H,1H3,(H,15,16). The van der Waals surface area contributed by atoms with E-state index in [1.165, 1.54) is 13.0 Å². The minimum atomic E-state index is -0.980. The van der Waals surface area contributed by atoms with Crippen LogP contribution in [0.15, 0.2) is 36.4 Å². The van der Waals surface area contributed by atoms with Crippen LogP contribution in [0, 0.1) is 0 Å². The van der Waals surface area contributed by atoms with Gasteiger partial charge in [-0.05, 0) is 29.8 Å². The molecule has 0 saturated heterocycles. The Morgan fingerprint density at radius 2 is 1.44 bits per heavy atom. The van der Waals surface area contributed by atoms with E-state index in [1.807, 2.05) is 0 Å². The molecule has 0 heterocycles. The van der Waals surface area contributed by atoms with E-state index in [2.05, 4.69) is 0 Å². The number of carboxylic acids is 1. The summed E-state index contributed by atoms with van der Waals surface area (Å²) in [6.45, 7) is 1.47. The summed E-state index contributed by atoms with van der Waals surface area (Å²) < 4.78 is 0. The van der Waals surface area contributed by atoms with Crippen molar-refractivity contribution in [3.8, 4) is 0 Å². The molecular formula is C13H10O3. The fourth-order valence-electron chi connectivity index (χ4n) is 1.79. The number of fused-ring (bicyclic) bond motifs is 1. The molecule has 0 atom stereocenters. The first kappa shape index (κ1) is 10.4. The topological polar surface area (TPSA) is 54.4 Å². The second-order valence-corrected chi connectivity index (χ2v) is 3.57. The molecule has 16 heavy (non-hydrogen) atoms. The second-order valence-electron chi connectivity index (χ2n) is 3.57. The molecule has 0 bridgehead atoms. The van der Waals surface area contributed by atoms with Crippen LogP contribution in [-0.4, -0.2) is 16.9 Å². The number of carbonyl (C=O) groups excluding carboxylic acids is 1. The van der Waals surface area contributed by atoms with Crippen LogP contribution in [-0.2, 0) is 0 Å². The summed E-state index contributed by atoms with van der Waals surface area (Å²) in [4.78, 5) is 22.4. The molecule has 0 aliphatic heterocycles. The predicted octanol–water partition coefficient (Wildman–Crippen LogP) is 2.74. The maximum Gasteiger partial charge on any atom is 0.336 e. The van der Waals surface area contributed by atoms with E-state index >= 15 is 0 Å². The van der Waals surface area contributed by atoms with Crippen LogP contribution in [0.5, 0.6) is 0 Å². The van der Waals surface area contributed by atoms with Gasteiger partial charge < -0.3 is 5.11 Å². The third-order valence-corrected chi connectivity index (χ3v) is 2.53. The quantitative estimate of drug-likeness (QED) is 0.782. The zero-order valence-electron chi connectivity index (χ0n) is 8.73. The maximum atomic E-state index is 11.4. The van der Waals surface area contributed by atoms with Crippen LogP contribution in [0.25, 0.3) is 10.8 Å². The number of rotatable bonds is 2. The Balaban J connectivity index is 2.87. The van der Waals surface area contributed by atoms with Crippen molar-refractivity contribution in [3.63, 3.8) is 0 Å². The number of benzene rings is 2. The first-order chi connectivity index (χ1) is 7.61. The van der Waals surface area contributed by atoms with E-state index in [9.17, 15) is 9.59 Å². The number of Topliss-reactive ketones (excluding diaryl/α,β-unsaturated/α-hetero) is 1. The smallest absolute Gasteiger partial charge is 0.336 e. The molecule has 1 N–H and O–H groups in total. The molecule has 0 aromatic heterocycles. The summed E-state index contributed by atoms with van der Waals surface area (Å²) in [7, 11) is 0. The Morgan fingerprint density at radius 3 is 1.94 bits per heavy atom. The highest BCUT2D eigenvalue weighted by atomic mass is 16.4. The van der Waals surface area contributed by atoms with Crippen LogP contribution in [0.4, 0.5) is 0 Å². The van der Waals surface area contributed by atoms with Crippen molar-refractivity contribution < 1.29 is 14.7 Å². The number of hydrogen-bond donors (Lipinski definition) is 1. The lowest BCUT2D eigenvalue weighted by Crippen LogP contribution is -2.01. The molecule has 3 heteroatoms. The Labute approximate surface area is 92.3 Å². The van der Waals surface area contributed by atoms with Crippen molar-refractivity contribution in [2.75, 3.05) is 0 Å². The molecule has 0 fully saturated rings. The highest BCUT2D eigenvalue weighted by molar-refractivity contribution is 6.12. The molecule has 2 aromatic rings. The van der Waals surface area contributed by atoms with E-state index in [-0.39, 0.29) is 11.3 Å². The molecule has 80 valence electrons. The van der Waals surface area contributed by atoms with Gasteiger partial charge in [-0.2, -0.15) is 0 Å². The Bertz CT molecular complexity index is 532. The highest BCUT2D eigenvalue weighted by Crippen LogP contribution is 2.23. The van der Waals surface area contributed by atoms with Gasteiger partial charge in [-0.25, -0.2) is 4.79 Å². The number of aromatic carboxylic acids is 1. The molecular weight excluding hydrogens is 204 g/mol. The fourth-order valence-corrected chi connectivity index (χ4v) is 1.79. The predicted molar refractivity (Wildman–Crippen MR) is 60.9 cm³/mol. The number of carbonyl (C=O) groups is 2. The van der Waals surface area contributed by atoms with Gasteiger partial charge in [0.1, 0.15) is 0 Å². The van der Waals surface area contributed by atoms with Crippen molar-refractivity contribution >= 4 is 22.5 Å². The first-order valence-electron chi connectivity index (χ1n) is 4.87. The van der Waals surface area contributed by atoms with Crippen molar-refractivity contribution in [1.29, 1.82) is 0 Å². The van der Waals surface area contributed by atoms with Crippen LogP contribution in [0.3, 0.4) is 0 Å². The average molecular weight is 214 g/mol. The van der Waals surface area contributed by atoms with E-state index in [0.29, 0.717) is 16.3 Å². The van der Waals surface area contributed by atoms with Gasteiger partial charge in [0.05, 0.1) is 5.56 Å². The molecule has 0 saturated carbocycles. The van der Waals surface area contributed by atoms with Crippen LogP contribution < -0.4 is 0 Å². The Morgan fingerprint density at radius 1 is 0.938 bits per heavy atom. The van der Waals surface area contributed by atoms with E-state index in [1.54, 1.807) is 30.3 Å². The third kappa shape index (κ3) is 1.56. The molecule has 2 aromatic carbocycles. The third-order valence-electron chi connectivity index (χ3n) is 2.53. The van der Waals surface area contributed by atoms with Gasteiger partial charge in [-0.1, -0.05) is 24.3 Å². The van der Waals surface area contributed by atoms with Gasteiger partial charge in [0.25, 0.3) is 0 Å². The summed E-state index contributed by atoms with van der Waals surface area (Å²) in [6.07, 6.45) is 0. The highest BCUT2D eigenvalue weighted by Gasteiger charge is 2.12. The lowest BCUT2D eigenvalue weighted by molar-refractivity contribution is 0.0698. The number of ketones is 1. The summed E-state index contributed by atoms with van der Waals surface area (Å²) >= 11 is 0. The lowest BCUT2D eigenvalue weighted by atomic mass is 9.98. The zero-order valence-corrected chi connectivity index (χ0v) is 8.73. The first-order valence-corrected chi connectivity index (χ1v) is 4.87. The maximum absolute atomic E-state index is 11.4. The Hall–Kier alpha value is -2.16. The lowest BCUT2D eigenvalue weighted by Gasteiger charge is -2.06. The zero-order chi connectivity index (χ0) is 11.7. The molecule has 0 amide bonds. The van der Waals surface area contributed by atoms with E-state index in [0.717, 1.165) is 0 Å². The SMILES string of the molecule is CC(=O)c1ccc(C(=O)O)c2ccccc12. The van der Waals surface area contributed by atoms with Crippen LogP contribution in [0.2, 0.25) is 0 Å². The van der Waals surface area contributed by atoms with Gasteiger partial charge in [0.2, 0.25) is 0 Å². The van der Waals surface area contributed by atoms with E-state index < -0.39 is 5.97 Å². The summed E-state index contributed by atoms with van der Waals surface area (Å²) in [5.74, 6) is -1.04. The molecule has 3 nitrogen and oxygen atoms in total. The van der Waals surface area contributed by atoms with Crippen LogP contribution in [0.1, 0.15) is 27.6 Å². The van der Waals surface area contributed by atoms with Gasteiger partial charge >= 0.3 is 5.97 Å². The number of carboxylic acid groups (broad SMARTS) is 1. The van der Waals surface area contributed by atoms with Gasteiger partial charge in [-0.3, -0.25) is 4.79 Å². The Kier molecular flexibility index (Phi) is 2.44. The molecule has 0 unspecified atom stereocenters. The molecule has 2 rings (SSSR count). The normalized spacial score (nSPS) is 10.3.